The first kappa shape index (κ1) is 21.0. The van der Waals surface area contributed by atoms with Crippen molar-refractivity contribution in [2.45, 2.75) is 39.0 Å². The zero-order valence-corrected chi connectivity index (χ0v) is 16.3. The summed E-state index contributed by atoms with van der Waals surface area (Å²) in [6, 6.07) is 3.17. The van der Waals surface area contributed by atoms with Crippen LogP contribution in [0.15, 0.2) is 12.1 Å². The van der Waals surface area contributed by atoms with Crippen molar-refractivity contribution in [3.8, 4) is 17.2 Å². The molecule has 0 aliphatic carbocycles. The van der Waals surface area contributed by atoms with E-state index in [1.807, 2.05) is 0 Å². The lowest BCUT2D eigenvalue weighted by Crippen LogP contribution is -2.39. The van der Waals surface area contributed by atoms with E-state index in [-0.39, 0.29) is 5.91 Å². The first-order valence-electron chi connectivity index (χ1n) is 8.46. The predicted octanol–water partition coefficient (Wildman–Crippen LogP) is 3.29. The summed E-state index contributed by atoms with van der Waals surface area (Å²) in [6.45, 7) is 2.93. The van der Waals surface area contributed by atoms with Gasteiger partial charge in [0.15, 0.2) is 16.6 Å². The van der Waals surface area contributed by atoms with Crippen molar-refractivity contribution in [3.63, 3.8) is 0 Å². The molecule has 7 heteroatoms. The lowest BCUT2D eigenvalue weighted by Gasteiger charge is -2.14. The second kappa shape index (κ2) is 11.5. The van der Waals surface area contributed by atoms with Crippen LogP contribution in [0.3, 0.4) is 0 Å². The normalized spacial score (nSPS) is 10.1. The predicted molar refractivity (Wildman–Crippen MR) is 103 cm³/mol. The molecule has 1 aromatic carbocycles. The van der Waals surface area contributed by atoms with E-state index >= 15 is 0 Å². The summed E-state index contributed by atoms with van der Waals surface area (Å²) in [6.07, 6.45) is 5.88. The molecule has 1 aromatic rings. The van der Waals surface area contributed by atoms with Crippen LogP contribution in [0.5, 0.6) is 17.2 Å². The minimum Gasteiger partial charge on any atom is -0.493 e. The van der Waals surface area contributed by atoms with Crippen molar-refractivity contribution in [2.24, 2.45) is 0 Å². The van der Waals surface area contributed by atoms with Crippen molar-refractivity contribution in [1.29, 1.82) is 0 Å². The molecule has 0 spiro atoms. The Hall–Kier alpha value is -2.02. The summed E-state index contributed by atoms with van der Waals surface area (Å²) in [7, 11) is 4.52. The summed E-state index contributed by atoms with van der Waals surface area (Å²) in [5.74, 6) is 0.945. The van der Waals surface area contributed by atoms with Crippen LogP contribution in [0.4, 0.5) is 0 Å². The van der Waals surface area contributed by atoms with Crippen LogP contribution < -0.4 is 24.8 Å². The van der Waals surface area contributed by atoms with E-state index < -0.39 is 0 Å². The van der Waals surface area contributed by atoms with E-state index in [0.29, 0.717) is 27.9 Å². The van der Waals surface area contributed by atoms with E-state index in [1.54, 1.807) is 12.1 Å². The van der Waals surface area contributed by atoms with Gasteiger partial charge in [0, 0.05) is 12.1 Å². The number of hydrogen-bond acceptors (Lipinski definition) is 5. The number of carbonyl (C=O) groups excluding carboxylic acids is 1. The molecule has 0 aromatic heterocycles. The molecule has 0 radical (unpaired) electrons. The minimum absolute atomic E-state index is 0.314. The molecule has 6 nitrogen and oxygen atoms in total. The first-order chi connectivity index (χ1) is 12.1. The van der Waals surface area contributed by atoms with Crippen molar-refractivity contribution >= 4 is 23.2 Å². The Morgan fingerprint density at radius 1 is 1.00 bits per heavy atom. The highest BCUT2D eigenvalue weighted by atomic mass is 32.1. The van der Waals surface area contributed by atoms with Gasteiger partial charge in [0.25, 0.3) is 5.91 Å². The molecule has 0 fully saturated rings. The molecule has 0 bridgehead atoms. The fourth-order valence-corrected chi connectivity index (χ4v) is 2.56. The molecule has 1 amide bonds. The van der Waals surface area contributed by atoms with Gasteiger partial charge < -0.3 is 19.5 Å². The summed E-state index contributed by atoms with van der Waals surface area (Å²) in [4.78, 5) is 12.4. The average molecular weight is 368 g/mol. The van der Waals surface area contributed by atoms with Crippen LogP contribution >= 0.6 is 12.2 Å². The number of rotatable bonds is 10. The van der Waals surface area contributed by atoms with Crippen LogP contribution in [-0.2, 0) is 0 Å². The van der Waals surface area contributed by atoms with Gasteiger partial charge in [0.1, 0.15) is 0 Å². The molecule has 0 saturated heterocycles. The Balaban J connectivity index is 2.60. The van der Waals surface area contributed by atoms with E-state index in [0.717, 1.165) is 19.4 Å². The van der Waals surface area contributed by atoms with Crippen molar-refractivity contribution < 1.29 is 19.0 Å². The number of ether oxygens (including phenoxy) is 3. The van der Waals surface area contributed by atoms with Crippen molar-refractivity contribution in [1.82, 2.24) is 10.6 Å². The van der Waals surface area contributed by atoms with E-state index in [2.05, 4.69) is 17.6 Å². The van der Waals surface area contributed by atoms with Gasteiger partial charge in [0.05, 0.1) is 21.3 Å². The van der Waals surface area contributed by atoms with Gasteiger partial charge in [-0.2, -0.15) is 0 Å². The van der Waals surface area contributed by atoms with Crippen molar-refractivity contribution in [3.05, 3.63) is 17.7 Å². The molecule has 1 rings (SSSR count). The Bertz CT molecular complexity index is 553. The van der Waals surface area contributed by atoms with Crippen LogP contribution in [0.25, 0.3) is 0 Å². The minimum atomic E-state index is -0.331. The zero-order valence-electron chi connectivity index (χ0n) is 15.4. The van der Waals surface area contributed by atoms with Gasteiger partial charge in [-0.25, -0.2) is 0 Å². The van der Waals surface area contributed by atoms with Crippen LogP contribution in [0.1, 0.15) is 49.4 Å². The third kappa shape index (κ3) is 6.78. The second-order valence-corrected chi connectivity index (χ2v) is 5.95. The zero-order chi connectivity index (χ0) is 18.7. The number of amides is 1. The van der Waals surface area contributed by atoms with Gasteiger partial charge in [-0.05, 0) is 30.8 Å². The maximum Gasteiger partial charge on any atom is 0.257 e. The smallest absolute Gasteiger partial charge is 0.257 e. The van der Waals surface area contributed by atoms with Gasteiger partial charge in [0.2, 0.25) is 5.75 Å². The number of methoxy groups -OCH3 is 3. The summed E-state index contributed by atoms with van der Waals surface area (Å²) in [5.41, 5.74) is 0.376. The molecule has 25 heavy (non-hydrogen) atoms. The topological polar surface area (TPSA) is 68.8 Å². The molecule has 140 valence electrons. The van der Waals surface area contributed by atoms with Crippen LogP contribution in [0.2, 0.25) is 0 Å². The Kier molecular flexibility index (Phi) is 9.69. The third-order valence-corrected chi connectivity index (χ3v) is 3.97. The SMILES string of the molecule is CCCCCCCNC(=S)NC(=O)c1cc(OC)c(OC)c(OC)c1. The molecule has 2 N–H and O–H groups in total. The molecule has 0 atom stereocenters. The molecule has 0 aliphatic rings. The molecular weight excluding hydrogens is 340 g/mol. The Morgan fingerprint density at radius 3 is 2.12 bits per heavy atom. The first-order valence-corrected chi connectivity index (χ1v) is 8.87. The largest absolute Gasteiger partial charge is 0.493 e. The quantitative estimate of drug-likeness (QED) is 0.488. The van der Waals surface area contributed by atoms with E-state index in [9.17, 15) is 4.79 Å². The lowest BCUT2D eigenvalue weighted by atomic mass is 10.1. The van der Waals surface area contributed by atoms with Crippen LogP contribution in [-0.4, -0.2) is 38.9 Å². The third-order valence-electron chi connectivity index (χ3n) is 3.72. The van der Waals surface area contributed by atoms with Gasteiger partial charge >= 0.3 is 0 Å². The number of benzene rings is 1. The summed E-state index contributed by atoms with van der Waals surface area (Å²) < 4.78 is 15.8. The summed E-state index contributed by atoms with van der Waals surface area (Å²) in [5, 5.41) is 6.03. The van der Waals surface area contributed by atoms with E-state index in [4.69, 9.17) is 26.4 Å². The number of carbonyl (C=O) groups is 1. The van der Waals surface area contributed by atoms with Gasteiger partial charge in [-0.3, -0.25) is 10.1 Å². The molecule has 0 saturated carbocycles. The molecule has 0 unspecified atom stereocenters. The van der Waals surface area contributed by atoms with Gasteiger partial charge in [-0.15, -0.1) is 0 Å². The number of nitrogens with one attached hydrogen (secondary N) is 2. The molecular formula is C18H28N2O4S. The highest BCUT2D eigenvalue weighted by Gasteiger charge is 2.17. The highest BCUT2D eigenvalue weighted by Crippen LogP contribution is 2.38. The fraction of sp³-hybridized carbons (Fsp3) is 0.556. The van der Waals surface area contributed by atoms with Crippen LogP contribution in [0, 0.1) is 0 Å². The lowest BCUT2D eigenvalue weighted by molar-refractivity contribution is 0.0976. The standard InChI is InChI=1S/C18H28N2O4S/c1-5-6-7-8-9-10-19-18(25)20-17(21)13-11-14(22-2)16(24-4)15(12-13)23-3/h11-12H,5-10H2,1-4H3,(H2,19,20,21,25). The fourth-order valence-electron chi connectivity index (χ4n) is 2.36. The summed E-state index contributed by atoms with van der Waals surface area (Å²) >= 11 is 5.17. The average Bonchev–Trinajstić information content (AvgIpc) is 2.63. The second-order valence-electron chi connectivity index (χ2n) is 5.54. The number of unbranched alkanes of at least 4 members (excludes halogenated alkanes) is 4. The molecule has 0 heterocycles. The van der Waals surface area contributed by atoms with E-state index in [1.165, 1.54) is 40.6 Å². The molecule has 0 aliphatic heterocycles. The monoisotopic (exact) mass is 368 g/mol. The van der Waals surface area contributed by atoms with Gasteiger partial charge in [-0.1, -0.05) is 32.6 Å². The Morgan fingerprint density at radius 2 is 1.60 bits per heavy atom. The maximum absolute atomic E-state index is 12.4. The number of hydrogen-bond donors (Lipinski definition) is 2. The number of thiocarbonyl (C=S) groups is 1. The Labute approximate surface area is 155 Å². The maximum atomic E-state index is 12.4. The highest BCUT2D eigenvalue weighted by molar-refractivity contribution is 7.80. The van der Waals surface area contributed by atoms with Crippen molar-refractivity contribution in [2.75, 3.05) is 27.9 Å².